The molecule has 1 aliphatic heterocycles. The van der Waals surface area contributed by atoms with Gasteiger partial charge in [-0.05, 0) is 50.3 Å². The van der Waals surface area contributed by atoms with E-state index in [1.54, 1.807) is 0 Å². The van der Waals surface area contributed by atoms with E-state index in [1.165, 1.54) is 31.2 Å². The molecule has 1 N–H and O–H groups in total. The van der Waals surface area contributed by atoms with E-state index in [-0.39, 0.29) is 35.7 Å². The van der Waals surface area contributed by atoms with Gasteiger partial charge in [0.1, 0.15) is 5.82 Å². The topological polar surface area (TPSA) is 78.5 Å². The van der Waals surface area contributed by atoms with E-state index in [4.69, 9.17) is 4.74 Å². The number of halogens is 1. The quantitative estimate of drug-likeness (QED) is 0.589. The summed E-state index contributed by atoms with van der Waals surface area (Å²) in [6.45, 7) is 2.69. The maximum absolute atomic E-state index is 13.1. The average Bonchev–Trinajstić information content (AvgIpc) is 2.55. The Bertz CT molecular complexity index is 575. The first kappa shape index (κ1) is 22.1. The summed E-state index contributed by atoms with van der Waals surface area (Å²) in [5.74, 6) is -2.17. The molecule has 2 atom stereocenters. The Morgan fingerprint density at radius 2 is 2.00 bits per heavy atom. The van der Waals surface area contributed by atoms with E-state index in [0.29, 0.717) is 18.5 Å². The predicted octanol–water partition coefficient (Wildman–Crippen LogP) is -1.70. The minimum absolute atomic E-state index is 0. The van der Waals surface area contributed by atoms with Crippen LogP contribution in [0.5, 0.6) is 0 Å². The third kappa shape index (κ3) is 6.37. The van der Waals surface area contributed by atoms with Crippen LogP contribution >= 0.6 is 0 Å². The van der Waals surface area contributed by atoms with Crippen molar-refractivity contribution in [1.29, 1.82) is 0 Å². The first-order valence-corrected chi connectivity index (χ1v) is 8.27. The maximum Gasteiger partial charge on any atom is 1.00 e. The van der Waals surface area contributed by atoms with Crippen molar-refractivity contribution in [3.05, 3.63) is 35.6 Å². The number of carbonyl (C=O) groups is 2. The number of hydrogen-bond acceptors (Lipinski definition) is 4. The van der Waals surface area contributed by atoms with Gasteiger partial charge >= 0.3 is 29.6 Å². The fourth-order valence-electron chi connectivity index (χ4n) is 3.00. The van der Waals surface area contributed by atoms with Crippen molar-refractivity contribution in [3.8, 4) is 0 Å². The van der Waals surface area contributed by atoms with Gasteiger partial charge in [-0.25, -0.2) is 4.39 Å². The van der Waals surface area contributed by atoms with Gasteiger partial charge < -0.3 is 20.0 Å². The van der Waals surface area contributed by atoms with Crippen LogP contribution < -0.4 is 40.0 Å². The fourth-order valence-corrected chi connectivity index (χ4v) is 3.00. The Morgan fingerprint density at radius 3 is 2.56 bits per heavy atom. The molecular formula is C18H23FNNaO4. The van der Waals surface area contributed by atoms with Gasteiger partial charge in [0.25, 0.3) is 0 Å². The molecule has 0 aliphatic carbocycles. The number of hydrogen-bond donors (Lipinski definition) is 1. The summed E-state index contributed by atoms with van der Waals surface area (Å²) in [4.78, 5) is 23.7. The largest absolute Gasteiger partial charge is 1.00 e. The molecule has 0 spiro atoms. The monoisotopic (exact) mass is 359 g/mol. The third-order valence-electron chi connectivity index (χ3n) is 4.51. The van der Waals surface area contributed by atoms with E-state index < -0.39 is 29.5 Å². The van der Waals surface area contributed by atoms with Crippen LogP contribution in [-0.2, 0) is 19.7 Å². The summed E-state index contributed by atoms with van der Waals surface area (Å²) in [6.07, 6.45) is 3.52. The number of benzene rings is 1. The van der Waals surface area contributed by atoms with Gasteiger partial charge in [0, 0.05) is 25.5 Å². The molecule has 0 aromatic heterocycles. The van der Waals surface area contributed by atoms with Crippen LogP contribution in [0.1, 0.15) is 44.6 Å². The van der Waals surface area contributed by atoms with E-state index in [2.05, 4.69) is 5.32 Å². The summed E-state index contributed by atoms with van der Waals surface area (Å²) in [5.41, 5.74) is -0.862. The van der Waals surface area contributed by atoms with Crippen LogP contribution in [0, 0.1) is 5.82 Å². The van der Waals surface area contributed by atoms with Gasteiger partial charge in [0.2, 0.25) is 5.91 Å². The smallest absolute Gasteiger partial charge is 0.550 e. The summed E-state index contributed by atoms with van der Waals surface area (Å²) >= 11 is 0. The molecule has 25 heavy (non-hydrogen) atoms. The minimum Gasteiger partial charge on any atom is -0.550 e. The van der Waals surface area contributed by atoms with Gasteiger partial charge in [-0.1, -0.05) is 12.1 Å². The number of ether oxygens (including phenoxy) is 1. The van der Waals surface area contributed by atoms with Crippen molar-refractivity contribution in [2.24, 2.45) is 0 Å². The Balaban J connectivity index is 0.00000312. The molecule has 1 aromatic carbocycles. The molecule has 1 heterocycles. The Labute approximate surface area is 169 Å². The van der Waals surface area contributed by atoms with E-state index >= 15 is 0 Å². The molecule has 1 aromatic rings. The van der Waals surface area contributed by atoms with Crippen molar-refractivity contribution in [2.45, 2.75) is 50.5 Å². The molecule has 5 nitrogen and oxygen atoms in total. The Morgan fingerprint density at radius 1 is 1.32 bits per heavy atom. The van der Waals surface area contributed by atoms with Crippen LogP contribution in [0.4, 0.5) is 4.39 Å². The average molecular weight is 359 g/mol. The zero-order valence-corrected chi connectivity index (χ0v) is 16.8. The standard InChI is InChI=1S/C18H24FNO4.Na/c1-18(12-16(21)22,13-5-7-14(19)8-6-13)17(23)20-10-9-15-4-2-3-11-24-15;/h5-8,15H,2-4,9-12H2,1H3,(H,20,23)(H,21,22);/q;+1/p-1. The van der Waals surface area contributed by atoms with E-state index in [1.807, 2.05) is 0 Å². The van der Waals surface area contributed by atoms with Crippen LogP contribution in [0.25, 0.3) is 0 Å². The van der Waals surface area contributed by atoms with Crippen molar-refractivity contribution in [1.82, 2.24) is 5.32 Å². The van der Waals surface area contributed by atoms with E-state index in [9.17, 15) is 19.1 Å². The van der Waals surface area contributed by atoms with Crippen molar-refractivity contribution in [3.63, 3.8) is 0 Å². The number of carboxylic acids is 1. The molecule has 132 valence electrons. The minimum atomic E-state index is -1.33. The van der Waals surface area contributed by atoms with E-state index in [0.717, 1.165) is 25.9 Å². The molecule has 1 aliphatic rings. The second kappa shape index (κ2) is 10.3. The number of carbonyl (C=O) groups excluding carboxylic acids is 2. The molecule has 2 unspecified atom stereocenters. The summed E-state index contributed by atoms with van der Waals surface area (Å²) in [7, 11) is 0. The SMILES string of the molecule is CC(CC(=O)[O-])(C(=O)NCCC1CCCCO1)c1ccc(F)cc1.[Na+]. The summed E-state index contributed by atoms with van der Waals surface area (Å²) in [6, 6.07) is 5.29. The van der Waals surface area contributed by atoms with Gasteiger partial charge in [0.15, 0.2) is 0 Å². The van der Waals surface area contributed by atoms with Crippen molar-refractivity contribution >= 4 is 11.9 Å². The number of rotatable bonds is 7. The molecule has 2 rings (SSSR count). The Kier molecular flexibility index (Phi) is 9.07. The summed E-state index contributed by atoms with van der Waals surface area (Å²) < 4.78 is 18.7. The van der Waals surface area contributed by atoms with Crippen LogP contribution in [-0.4, -0.2) is 31.1 Å². The second-order valence-electron chi connectivity index (χ2n) is 6.42. The Hall–Kier alpha value is -0.950. The van der Waals surface area contributed by atoms with Gasteiger partial charge in [-0.2, -0.15) is 0 Å². The van der Waals surface area contributed by atoms with Crippen LogP contribution in [0.3, 0.4) is 0 Å². The zero-order chi connectivity index (χ0) is 17.6. The normalized spacial score (nSPS) is 19.4. The fraction of sp³-hybridized carbons (Fsp3) is 0.556. The number of aliphatic carboxylic acids is 1. The maximum atomic E-state index is 13.1. The first-order valence-electron chi connectivity index (χ1n) is 8.27. The molecule has 7 heteroatoms. The molecule has 0 bridgehead atoms. The number of nitrogens with one attached hydrogen (secondary N) is 1. The molecule has 0 saturated carbocycles. The van der Waals surface area contributed by atoms with Crippen LogP contribution in [0.2, 0.25) is 0 Å². The van der Waals surface area contributed by atoms with Gasteiger partial charge in [0.05, 0.1) is 11.5 Å². The molecule has 1 amide bonds. The van der Waals surface area contributed by atoms with Crippen molar-refractivity contribution < 1.29 is 53.4 Å². The first-order chi connectivity index (χ1) is 11.4. The molecule has 1 fully saturated rings. The predicted molar refractivity (Wildman–Crippen MR) is 84.6 cm³/mol. The summed E-state index contributed by atoms with van der Waals surface area (Å²) in [5, 5.41) is 13.9. The number of amides is 1. The molecular weight excluding hydrogens is 336 g/mol. The van der Waals surface area contributed by atoms with Crippen LogP contribution in [0.15, 0.2) is 24.3 Å². The molecule has 1 saturated heterocycles. The number of carboxylic acid groups (broad SMARTS) is 1. The van der Waals surface area contributed by atoms with Gasteiger partial charge in [-0.15, -0.1) is 0 Å². The zero-order valence-electron chi connectivity index (χ0n) is 14.8. The van der Waals surface area contributed by atoms with Gasteiger partial charge in [-0.3, -0.25) is 4.79 Å². The second-order valence-corrected chi connectivity index (χ2v) is 6.42. The van der Waals surface area contributed by atoms with Crippen molar-refractivity contribution in [2.75, 3.05) is 13.2 Å². The third-order valence-corrected chi connectivity index (χ3v) is 4.51. The molecule has 0 radical (unpaired) electrons.